The second-order valence-corrected chi connectivity index (χ2v) is 6.14. The molecule has 1 heterocycles. The molecule has 1 aliphatic rings. The van der Waals surface area contributed by atoms with Gasteiger partial charge in [-0.05, 0) is 50.9 Å². The zero-order valence-corrected chi connectivity index (χ0v) is 14.0. The molecule has 0 amide bonds. The Morgan fingerprint density at radius 2 is 2.05 bits per heavy atom. The molecule has 0 spiro atoms. The molecule has 118 valence electrons. The van der Waals surface area contributed by atoms with Crippen LogP contribution in [-0.4, -0.2) is 38.3 Å². The number of ether oxygens (including phenoxy) is 2. The molecule has 0 aliphatic carbocycles. The summed E-state index contributed by atoms with van der Waals surface area (Å²) in [7, 11) is 3.23. The number of likely N-dealkylation sites (tertiary alicyclic amines) is 1. The van der Waals surface area contributed by atoms with Crippen LogP contribution in [0.4, 0.5) is 0 Å². The van der Waals surface area contributed by atoms with E-state index in [2.05, 4.69) is 18.7 Å². The van der Waals surface area contributed by atoms with Gasteiger partial charge in [0.15, 0.2) is 11.5 Å². The van der Waals surface area contributed by atoms with Crippen molar-refractivity contribution in [2.75, 3.05) is 27.3 Å². The van der Waals surface area contributed by atoms with Gasteiger partial charge < -0.3 is 15.2 Å². The third-order valence-corrected chi connectivity index (χ3v) is 4.75. The highest BCUT2D eigenvalue weighted by Crippen LogP contribution is 2.46. The third-order valence-electron chi connectivity index (χ3n) is 4.36. The summed E-state index contributed by atoms with van der Waals surface area (Å²) in [6.45, 7) is 6.13. The van der Waals surface area contributed by atoms with E-state index in [9.17, 15) is 0 Å². The number of hydrogen-bond acceptors (Lipinski definition) is 4. The molecule has 21 heavy (non-hydrogen) atoms. The summed E-state index contributed by atoms with van der Waals surface area (Å²) in [6, 6.07) is 4.65. The Morgan fingerprint density at radius 3 is 2.57 bits per heavy atom. The molecular formula is C16H25ClN2O2. The highest BCUT2D eigenvalue weighted by molar-refractivity contribution is 6.33. The molecule has 0 radical (unpaired) electrons. The lowest BCUT2D eigenvalue weighted by molar-refractivity contribution is 0.184. The van der Waals surface area contributed by atoms with Gasteiger partial charge >= 0.3 is 0 Å². The van der Waals surface area contributed by atoms with Crippen LogP contribution >= 0.6 is 11.6 Å². The van der Waals surface area contributed by atoms with Crippen LogP contribution in [0.2, 0.25) is 5.02 Å². The lowest BCUT2D eigenvalue weighted by Crippen LogP contribution is -2.33. The van der Waals surface area contributed by atoms with Crippen molar-refractivity contribution < 1.29 is 9.47 Å². The van der Waals surface area contributed by atoms with E-state index in [4.69, 9.17) is 26.8 Å². The minimum absolute atomic E-state index is 0.238. The van der Waals surface area contributed by atoms with Gasteiger partial charge in [-0.15, -0.1) is 0 Å². The Balaban J connectivity index is 2.47. The molecule has 0 saturated carbocycles. The maximum absolute atomic E-state index is 6.59. The molecule has 1 aliphatic heterocycles. The maximum atomic E-state index is 6.59. The molecule has 2 unspecified atom stereocenters. The van der Waals surface area contributed by atoms with E-state index >= 15 is 0 Å². The van der Waals surface area contributed by atoms with Gasteiger partial charge in [-0.25, -0.2) is 0 Å². The summed E-state index contributed by atoms with van der Waals surface area (Å²) in [5.41, 5.74) is 7.05. The molecule has 5 heteroatoms. The number of nitrogens with two attached hydrogens (primary N) is 1. The summed E-state index contributed by atoms with van der Waals surface area (Å²) in [5.74, 6) is 1.68. The molecule has 2 rings (SSSR count). The minimum atomic E-state index is 0.238. The maximum Gasteiger partial charge on any atom is 0.179 e. The first-order valence-corrected chi connectivity index (χ1v) is 7.79. The van der Waals surface area contributed by atoms with Crippen LogP contribution in [0.25, 0.3) is 0 Å². The number of hydrogen-bond donors (Lipinski definition) is 1. The first-order valence-electron chi connectivity index (χ1n) is 7.41. The van der Waals surface area contributed by atoms with Gasteiger partial charge in [0.2, 0.25) is 0 Å². The van der Waals surface area contributed by atoms with E-state index in [1.807, 2.05) is 12.1 Å². The first-order chi connectivity index (χ1) is 10.0. The highest BCUT2D eigenvalue weighted by atomic mass is 35.5. The number of methoxy groups -OCH3 is 2. The van der Waals surface area contributed by atoms with Crippen LogP contribution in [0.3, 0.4) is 0 Å². The predicted molar refractivity (Wildman–Crippen MR) is 86.3 cm³/mol. The van der Waals surface area contributed by atoms with Gasteiger partial charge in [0.25, 0.3) is 0 Å². The largest absolute Gasteiger partial charge is 0.493 e. The Bertz CT molecular complexity index is 493. The topological polar surface area (TPSA) is 47.7 Å². The van der Waals surface area contributed by atoms with Gasteiger partial charge in [-0.2, -0.15) is 0 Å². The van der Waals surface area contributed by atoms with Crippen LogP contribution in [0.15, 0.2) is 12.1 Å². The molecule has 1 fully saturated rings. The van der Waals surface area contributed by atoms with Gasteiger partial charge in [-0.1, -0.05) is 17.7 Å². The van der Waals surface area contributed by atoms with Crippen molar-refractivity contribution in [3.63, 3.8) is 0 Å². The third kappa shape index (κ3) is 2.98. The normalized spacial score (nSPS) is 22.8. The summed E-state index contributed by atoms with van der Waals surface area (Å²) < 4.78 is 10.7. The number of rotatable bonds is 5. The van der Waals surface area contributed by atoms with Crippen LogP contribution in [0.5, 0.6) is 11.5 Å². The molecule has 1 aromatic carbocycles. The fraction of sp³-hybridized carbons (Fsp3) is 0.625. The Morgan fingerprint density at radius 1 is 1.33 bits per heavy atom. The monoisotopic (exact) mass is 312 g/mol. The molecule has 2 N–H and O–H groups in total. The average molecular weight is 313 g/mol. The highest BCUT2D eigenvalue weighted by Gasteiger charge is 2.37. The molecule has 0 aromatic heterocycles. The molecule has 0 bridgehead atoms. The lowest BCUT2D eigenvalue weighted by Gasteiger charge is -2.32. The quantitative estimate of drug-likeness (QED) is 0.907. The van der Waals surface area contributed by atoms with Crippen molar-refractivity contribution in [3.05, 3.63) is 22.7 Å². The van der Waals surface area contributed by atoms with Gasteiger partial charge in [0.1, 0.15) is 0 Å². The minimum Gasteiger partial charge on any atom is -0.493 e. The van der Waals surface area contributed by atoms with Crippen molar-refractivity contribution in [1.29, 1.82) is 0 Å². The second-order valence-electron chi connectivity index (χ2n) is 5.77. The SMILES string of the molecule is COc1ccc(C2C(CN)CCN2C(C)C)c(Cl)c1OC. The Hall–Kier alpha value is -0.970. The Kier molecular flexibility index (Phi) is 5.36. The Labute approximate surface area is 132 Å². The molecule has 2 atom stereocenters. The van der Waals surface area contributed by atoms with E-state index in [0.717, 1.165) is 18.5 Å². The molecule has 1 aromatic rings. The van der Waals surface area contributed by atoms with E-state index in [1.165, 1.54) is 0 Å². The number of nitrogens with zero attached hydrogens (tertiary/aromatic N) is 1. The molecule has 4 nitrogen and oxygen atoms in total. The summed E-state index contributed by atoms with van der Waals surface area (Å²) in [5, 5.41) is 0.632. The molecule has 1 saturated heterocycles. The van der Waals surface area contributed by atoms with Crippen LogP contribution in [0.1, 0.15) is 31.9 Å². The van der Waals surface area contributed by atoms with E-state index in [0.29, 0.717) is 35.0 Å². The fourth-order valence-electron chi connectivity index (χ4n) is 3.27. The summed E-state index contributed by atoms with van der Waals surface area (Å²) in [4.78, 5) is 2.46. The van der Waals surface area contributed by atoms with E-state index in [-0.39, 0.29) is 6.04 Å². The zero-order valence-electron chi connectivity index (χ0n) is 13.2. The standard InChI is InChI=1S/C16H25ClN2O2/c1-10(2)19-8-7-11(9-18)15(19)12-5-6-13(20-3)16(21-4)14(12)17/h5-6,10-11,15H,7-9,18H2,1-4H3. The number of halogens is 1. The van der Waals surface area contributed by atoms with E-state index < -0.39 is 0 Å². The fourth-order valence-corrected chi connectivity index (χ4v) is 3.62. The van der Waals surface area contributed by atoms with Crippen molar-refractivity contribution in [3.8, 4) is 11.5 Å². The van der Waals surface area contributed by atoms with E-state index in [1.54, 1.807) is 14.2 Å². The van der Waals surface area contributed by atoms with Crippen molar-refractivity contribution in [1.82, 2.24) is 4.90 Å². The van der Waals surface area contributed by atoms with Gasteiger partial charge in [0, 0.05) is 12.1 Å². The lowest BCUT2D eigenvalue weighted by atomic mass is 9.93. The van der Waals surface area contributed by atoms with Gasteiger partial charge in [0.05, 0.1) is 19.2 Å². The average Bonchev–Trinajstić information content (AvgIpc) is 2.90. The van der Waals surface area contributed by atoms with Crippen LogP contribution in [-0.2, 0) is 0 Å². The van der Waals surface area contributed by atoms with Crippen LogP contribution < -0.4 is 15.2 Å². The van der Waals surface area contributed by atoms with Crippen molar-refractivity contribution in [2.24, 2.45) is 11.7 Å². The van der Waals surface area contributed by atoms with Crippen molar-refractivity contribution in [2.45, 2.75) is 32.4 Å². The van der Waals surface area contributed by atoms with Gasteiger partial charge in [-0.3, -0.25) is 4.90 Å². The number of benzene rings is 1. The summed E-state index contributed by atoms with van der Waals surface area (Å²) >= 11 is 6.59. The predicted octanol–water partition coefficient (Wildman–Crippen LogP) is 3.09. The smallest absolute Gasteiger partial charge is 0.179 e. The van der Waals surface area contributed by atoms with Crippen molar-refractivity contribution >= 4 is 11.6 Å². The van der Waals surface area contributed by atoms with Crippen LogP contribution in [0, 0.1) is 5.92 Å². The summed E-state index contributed by atoms with van der Waals surface area (Å²) in [6.07, 6.45) is 1.10. The zero-order chi connectivity index (χ0) is 15.6. The second kappa shape index (κ2) is 6.86. The molecular weight excluding hydrogens is 288 g/mol. The first kappa shape index (κ1) is 16.4.